The number of carbonyl (C=O) groups is 5. The highest BCUT2D eigenvalue weighted by molar-refractivity contribution is 5.93. The van der Waals surface area contributed by atoms with E-state index in [0.29, 0.717) is 19.4 Å². The molecule has 12 N–H and O–H groups in total. The van der Waals surface area contributed by atoms with Gasteiger partial charge in [0.25, 0.3) is 0 Å². The number of hydrogen-bond donors (Lipinski definition) is 8. The molecule has 0 radical (unpaired) electrons. The number of nitrogens with zero attached hydrogens (tertiary/aromatic N) is 1. The maximum atomic E-state index is 11.9. The van der Waals surface area contributed by atoms with Crippen molar-refractivity contribution in [3.05, 3.63) is 0 Å². The molecular weight excluding hydrogens is 388 g/mol. The molecule has 14 nitrogen and oxygen atoms in total. The average molecular weight is 416 g/mol. The normalized spacial score (nSPS) is 13.3. The van der Waals surface area contributed by atoms with E-state index in [4.69, 9.17) is 28.0 Å². The summed E-state index contributed by atoms with van der Waals surface area (Å²) in [5, 5.41) is 15.6. The highest BCUT2D eigenvalue weighted by Crippen LogP contribution is 1.96. The van der Waals surface area contributed by atoms with Gasteiger partial charge < -0.3 is 44.0 Å². The zero-order chi connectivity index (χ0) is 22.6. The first-order valence-electron chi connectivity index (χ1n) is 8.63. The summed E-state index contributed by atoms with van der Waals surface area (Å²) in [6.07, 6.45) is 0.157. The fourth-order valence-electron chi connectivity index (χ4n) is 2.00. The van der Waals surface area contributed by atoms with Gasteiger partial charge in [0.05, 0.1) is 19.0 Å². The van der Waals surface area contributed by atoms with Gasteiger partial charge in [-0.2, -0.15) is 0 Å². The van der Waals surface area contributed by atoms with E-state index < -0.39 is 60.7 Å². The zero-order valence-electron chi connectivity index (χ0n) is 16.0. The molecule has 0 aromatic rings. The van der Waals surface area contributed by atoms with Crippen molar-refractivity contribution in [1.82, 2.24) is 16.0 Å². The minimum absolute atomic E-state index is 0.0675. The second-order valence-corrected chi connectivity index (χ2v) is 6.13. The quantitative estimate of drug-likeness (QED) is 0.0814. The molecule has 14 heteroatoms. The van der Waals surface area contributed by atoms with Crippen LogP contribution in [-0.4, -0.2) is 71.9 Å². The molecule has 0 aromatic carbocycles. The Labute approximate surface area is 166 Å². The number of primary amides is 1. The van der Waals surface area contributed by atoms with Gasteiger partial charge in [-0.1, -0.05) is 0 Å². The number of carbonyl (C=O) groups excluding carboxylic acids is 4. The molecule has 4 amide bonds. The van der Waals surface area contributed by atoms with Gasteiger partial charge in [-0.25, -0.2) is 4.79 Å². The van der Waals surface area contributed by atoms with Gasteiger partial charge in [0, 0.05) is 6.54 Å². The molecule has 0 aromatic heterocycles. The summed E-state index contributed by atoms with van der Waals surface area (Å²) in [6, 6.07) is -3.51. The van der Waals surface area contributed by atoms with Crippen molar-refractivity contribution in [3.63, 3.8) is 0 Å². The Morgan fingerprint density at radius 2 is 1.66 bits per heavy atom. The molecule has 0 heterocycles. The number of guanidine groups is 1. The number of aliphatic carboxylic acids is 1. The molecule has 0 aliphatic carbocycles. The SMILES string of the molecule is CC(NC(=O)CNC(=O)C(N)CCCN=C(N)N)C(=O)NC(CC(N)=O)C(=O)O. The first-order valence-corrected chi connectivity index (χ1v) is 8.63. The summed E-state index contributed by atoms with van der Waals surface area (Å²) in [4.78, 5) is 61.2. The lowest BCUT2D eigenvalue weighted by Gasteiger charge is -2.18. The Kier molecular flexibility index (Phi) is 11.4. The fourth-order valence-corrected chi connectivity index (χ4v) is 2.00. The first kappa shape index (κ1) is 25.6. The third-order valence-electron chi connectivity index (χ3n) is 3.52. The molecule has 0 rings (SSSR count). The molecule has 29 heavy (non-hydrogen) atoms. The van der Waals surface area contributed by atoms with Crippen molar-refractivity contribution >= 4 is 35.6 Å². The van der Waals surface area contributed by atoms with Crippen LogP contribution in [0, 0.1) is 0 Å². The Morgan fingerprint density at radius 3 is 2.17 bits per heavy atom. The van der Waals surface area contributed by atoms with Crippen LogP contribution < -0.4 is 38.9 Å². The Bertz CT molecular complexity index is 649. The molecule has 3 atom stereocenters. The van der Waals surface area contributed by atoms with Gasteiger partial charge in [0.1, 0.15) is 12.1 Å². The predicted molar refractivity (Wildman–Crippen MR) is 102 cm³/mol. The molecule has 3 unspecified atom stereocenters. The number of nitrogens with one attached hydrogen (secondary N) is 3. The van der Waals surface area contributed by atoms with Crippen LogP contribution in [0.2, 0.25) is 0 Å². The fraction of sp³-hybridized carbons (Fsp3) is 0.600. The Hall–Kier alpha value is -3.42. The Balaban J connectivity index is 4.35. The lowest BCUT2D eigenvalue weighted by Crippen LogP contribution is -2.53. The van der Waals surface area contributed by atoms with Gasteiger partial charge in [0.15, 0.2) is 5.96 Å². The van der Waals surface area contributed by atoms with Crippen LogP contribution in [0.5, 0.6) is 0 Å². The molecule has 0 fully saturated rings. The van der Waals surface area contributed by atoms with Gasteiger partial charge >= 0.3 is 5.97 Å². The number of amides is 4. The van der Waals surface area contributed by atoms with Crippen LogP contribution >= 0.6 is 0 Å². The molecular formula is C15H28N8O6. The van der Waals surface area contributed by atoms with E-state index in [1.165, 1.54) is 6.92 Å². The average Bonchev–Trinajstić information content (AvgIpc) is 2.61. The van der Waals surface area contributed by atoms with Crippen LogP contribution in [0.15, 0.2) is 4.99 Å². The second kappa shape index (κ2) is 12.9. The van der Waals surface area contributed by atoms with Gasteiger partial charge in [0.2, 0.25) is 23.6 Å². The second-order valence-electron chi connectivity index (χ2n) is 6.13. The molecule has 0 aliphatic heterocycles. The van der Waals surface area contributed by atoms with Gasteiger partial charge in [-0.05, 0) is 19.8 Å². The lowest BCUT2D eigenvalue weighted by atomic mass is 10.1. The van der Waals surface area contributed by atoms with Crippen molar-refractivity contribution in [2.75, 3.05) is 13.1 Å². The maximum absolute atomic E-state index is 11.9. The molecule has 0 spiro atoms. The van der Waals surface area contributed by atoms with E-state index in [1.54, 1.807) is 0 Å². The third kappa shape index (κ3) is 11.8. The molecule has 0 aliphatic rings. The maximum Gasteiger partial charge on any atom is 0.326 e. The minimum Gasteiger partial charge on any atom is -0.480 e. The molecule has 0 saturated carbocycles. The van der Waals surface area contributed by atoms with Crippen molar-refractivity contribution in [3.8, 4) is 0 Å². The van der Waals surface area contributed by atoms with Crippen molar-refractivity contribution in [2.24, 2.45) is 27.9 Å². The number of carboxylic acid groups (broad SMARTS) is 1. The summed E-state index contributed by atoms with van der Waals surface area (Å²) in [5.74, 6) is -4.54. The van der Waals surface area contributed by atoms with E-state index in [-0.39, 0.29) is 5.96 Å². The van der Waals surface area contributed by atoms with Crippen molar-refractivity contribution in [2.45, 2.75) is 44.3 Å². The van der Waals surface area contributed by atoms with Crippen LogP contribution in [-0.2, 0) is 24.0 Å². The van der Waals surface area contributed by atoms with Crippen LogP contribution in [0.3, 0.4) is 0 Å². The number of rotatable bonds is 13. The van der Waals surface area contributed by atoms with E-state index in [2.05, 4.69) is 20.9 Å². The predicted octanol–water partition coefficient (Wildman–Crippen LogP) is -4.57. The highest BCUT2D eigenvalue weighted by Gasteiger charge is 2.25. The first-order chi connectivity index (χ1) is 13.4. The van der Waals surface area contributed by atoms with Gasteiger partial charge in [-0.3, -0.25) is 24.2 Å². The molecule has 0 bridgehead atoms. The highest BCUT2D eigenvalue weighted by atomic mass is 16.4. The number of nitrogens with two attached hydrogens (primary N) is 4. The van der Waals surface area contributed by atoms with Crippen molar-refractivity contribution in [1.29, 1.82) is 0 Å². The van der Waals surface area contributed by atoms with Crippen LogP contribution in [0.1, 0.15) is 26.2 Å². The number of aliphatic imine (C=N–C) groups is 1. The minimum atomic E-state index is -1.52. The third-order valence-corrected chi connectivity index (χ3v) is 3.52. The monoisotopic (exact) mass is 416 g/mol. The summed E-state index contributed by atoms with van der Waals surface area (Å²) >= 11 is 0. The van der Waals surface area contributed by atoms with E-state index in [0.717, 1.165) is 0 Å². The van der Waals surface area contributed by atoms with Crippen molar-refractivity contribution < 1.29 is 29.1 Å². The molecule has 164 valence electrons. The van der Waals surface area contributed by atoms with E-state index >= 15 is 0 Å². The standard InChI is InChI=1S/C15H28N8O6/c1-7(12(26)23-9(14(28)29)5-10(17)24)22-11(25)6-21-13(27)8(16)3-2-4-20-15(18)19/h7-9H,2-6,16H2,1H3,(H2,17,24)(H,21,27)(H,22,25)(H,23,26)(H,28,29)(H4,18,19,20). The van der Waals surface area contributed by atoms with E-state index in [1.807, 2.05) is 0 Å². The molecule has 0 saturated heterocycles. The van der Waals surface area contributed by atoms with Crippen LogP contribution in [0.4, 0.5) is 0 Å². The number of carboxylic acids is 1. The summed E-state index contributed by atoms with van der Waals surface area (Å²) < 4.78 is 0. The Morgan fingerprint density at radius 1 is 1.03 bits per heavy atom. The lowest BCUT2D eigenvalue weighted by molar-refractivity contribution is -0.143. The summed E-state index contributed by atoms with van der Waals surface area (Å²) in [7, 11) is 0. The smallest absolute Gasteiger partial charge is 0.326 e. The number of hydrogen-bond acceptors (Lipinski definition) is 7. The summed E-state index contributed by atoms with van der Waals surface area (Å²) in [6.45, 7) is 1.17. The van der Waals surface area contributed by atoms with E-state index in [9.17, 15) is 24.0 Å². The largest absolute Gasteiger partial charge is 0.480 e. The van der Waals surface area contributed by atoms with Crippen LogP contribution in [0.25, 0.3) is 0 Å². The summed E-state index contributed by atoms with van der Waals surface area (Å²) in [5.41, 5.74) is 20.9. The zero-order valence-corrected chi connectivity index (χ0v) is 16.0. The van der Waals surface area contributed by atoms with Gasteiger partial charge in [-0.15, -0.1) is 0 Å². The topological polar surface area (TPSA) is 258 Å².